The first-order valence-corrected chi connectivity index (χ1v) is 14.7. The fraction of sp³-hybridized carbons (Fsp3) is 0.806. The maximum atomic E-state index is 2.35. The lowest BCUT2D eigenvalue weighted by Crippen LogP contribution is -3.00. The van der Waals surface area contributed by atoms with Crippen LogP contribution in [0.4, 0.5) is 0 Å². The third-order valence-corrected chi connectivity index (χ3v) is 7.32. The van der Waals surface area contributed by atoms with Gasteiger partial charge in [0.05, 0.1) is 19.6 Å². The van der Waals surface area contributed by atoms with Crippen molar-refractivity contribution < 1.29 is 16.9 Å². The van der Waals surface area contributed by atoms with E-state index in [1.165, 1.54) is 152 Å². The summed E-state index contributed by atoms with van der Waals surface area (Å²) in [6.45, 7) is 12.4. The lowest BCUT2D eigenvalue weighted by Gasteiger charge is -2.39. The summed E-state index contributed by atoms with van der Waals surface area (Å²) < 4.78 is 1.32. The third-order valence-electron chi connectivity index (χ3n) is 7.32. The Morgan fingerprint density at radius 1 is 0.455 bits per heavy atom. The van der Waals surface area contributed by atoms with Crippen LogP contribution in [0.1, 0.15) is 142 Å². The minimum absolute atomic E-state index is 0. The van der Waals surface area contributed by atoms with Crippen LogP contribution in [-0.2, 0) is 6.54 Å². The maximum absolute atomic E-state index is 2.35. The van der Waals surface area contributed by atoms with Crippen LogP contribution in [0, 0.1) is 0 Å². The topological polar surface area (TPSA) is 0 Å². The first kappa shape index (κ1) is 32.5. The fourth-order valence-corrected chi connectivity index (χ4v) is 5.17. The van der Waals surface area contributed by atoms with E-state index < -0.39 is 0 Å². The molecule has 0 amide bonds. The van der Waals surface area contributed by atoms with Crippen molar-refractivity contribution in [2.24, 2.45) is 0 Å². The summed E-state index contributed by atoms with van der Waals surface area (Å²) in [6, 6.07) is 11.3. The highest BCUT2D eigenvalue weighted by Gasteiger charge is 2.26. The Labute approximate surface area is 215 Å². The predicted molar refractivity (Wildman–Crippen MR) is 145 cm³/mol. The summed E-state index contributed by atoms with van der Waals surface area (Å²) in [7, 11) is 0. The van der Waals surface area contributed by atoms with Crippen LogP contribution in [0.25, 0.3) is 0 Å². The molecule has 0 heterocycles. The van der Waals surface area contributed by atoms with E-state index in [4.69, 9.17) is 0 Å². The SMILES string of the molecule is CCCCCCCCCCCCCCCC[N+](CCCC)(CCCC)Cc1ccccc1.[Cl-]. The second-order valence-electron chi connectivity index (χ2n) is 10.5. The maximum Gasteiger partial charge on any atom is 0.104 e. The minimum Gasteiger partial charge on any atom is -1.00 e. The summed E-state index contributed by atoms with van der Waals surface area (Å²) in [5.74, 6) is 0. The number of quaternary nitrogens is 1. The molecule has 0 bridgehead atoms. The normalized spacial score (nSPS) is 11.5. The van der Waals surface area contributed by atoms with Crippen molar-refractivity contribution in [3.8, 4) is 0 Å². The second-order valence-corrected chi connectivity index (χ2v) is 10.5. The Balaban J connectivity index is 0.0000102. The Bertz CT molecular complexity index is 493. The molecular weight excluding hydrogens is 422 g/mol. The lowest BCUT2D eigenvalue weighted by atomic mass is 10.0. The highest BCUT2D eigenvalue weighted by molar-refractivity contribution is 5.13. The highest BCUT2D eigenvalue weighted by atomic mass is 35.5. The molecule has 0 aliphatic heterocycles. The Morgan fingerprint density at radius 3 is 1.24 bits per heavy atom. The van der Waals surface area contributed by atoms with Gasteiger partial charge in [0.2, 0.25) is 0 Å². The van der Waals surface area contributed by atoms with E-state index in [0.717, 1.165) is 0 Å². The molecule has 2 heteroatoms. The van der Waals surface area contributed by atoms with Crippen molar-refractivity contribution in [2.75, 3.05) is 19.6 Å². The fourth-order valence-electron chi connectivity index (χ4n) is 5.17. The average molecular weight is 480 g/mol. The van der Waals surface area contributed by atoms with Crippen LogP contribution in [0.5, 0.6) is 0 Å². The molecule has 0 unspecified atom stereocenters. The van der Waals surface area contributed by atoms with Gasteiger partial charge in [0.25, 0.3) is 0 Å². The number of benzene rings is 1. The molecular formula is C31H58ClN. The van der Waals surface area contributed by atoms with E-state index in [9.17, 15) is 0 Å². The van der Waals surface area contributed by atoms with Crippen molar-refractivity contribution in [3.63, 3.8) is 0 Å². The Hall–Kier alpha value is -0.530. The van der Waals surface area contributed by atoms with E-state index >= 15 is 0 Å². The number of unbranched alkanes of at least 4 members (excludes halogenated alkanes) is 15. The van der Waals surface area contributed by atoms with Gasteiger partial charge in [-0.15, -0.1) is 0 Å². The molecule has 0 aliphatic carbocycles. The molecule has 0 saturated heterocycles. The lowest BCUT2D eigenvalue weighted by molar-refractivity contribution is -0.941. The zero-order valence-electron chi connectivity index (χ0n) is 22.8. The van der Waals surface area contributed by atoms with E-state index in [2.05, 4.69) is 51.1 Å². The van der Waals surface area contributed by atoms with Gasteiger partial charge in [-0.25, -0.2) is 0 Å². The molecule has 1 aromatic rings. The van der Waals surface area contributed by atoms with Crippen LogP contribution >= 0.6 is 0 Å². The summed E-state index contributed by atoms with van der Waals surface area (Å²) >= 11 is 0. The highest BCUT2D eigenvalue weighted by Crippen LogP contribution is 2.21. The van der Waals surface area contributed by atoms with Crippen LogP contribution < -0.4 is 12.4 Å². The monoisotopic (exact) mass is 479 g/mol. The van der Waals surface area contributed by atoms with Crippen molar-refractivity contribution in [3.05, 3.63) is 35.9 Å². The smallest absolute Gasteiger partial charge is 0.104 e. The Kier molecular flexibility index (Phi) is 22.9. The molecule has 0 spiro atoms. The number of halogens is 1. The van der Waals surface area contributed by atoms with Gasteiger partial charge in [-0.3, -0.25) is 0 Å². The van der Waals surface area contributed by atoms with Crippen LogP contribution in [0.2, 0.25) is 0 Å². The van der Waals surface area contributed by atoms with Gasteiger partial charge in [-0.05, 0) is 25.7 Å². The van der Waals surface area contributed by atoms with Gasteiger partial charge >= 0.3 is 0 Å². The molecule has 0 radical (unpaired) electrons. The first-order valence-electron chi connectivity index (χ1n) is 14.7. The molecule has 0 N–H and O–H groups in total. The van der Waals surface area contributed by atoms with Crippen LogP contribution in [0.15, 0.2) is 30.3 Å². The van der Waals surface area contributed by atoms with Gasteiger partial charge in [0.15, 0.2) is 0 Å². The van der Waals surface area contributed by atoms with Gasteiger partial charge < -0.3 is 16.9 Å². The van der Waals surface area contributed by atoms with E-state index in [1.807, 2.05) is 0 Å². The first-order chi connectivity index (χ1) is 15.8. The minimum atomic E-state index is 0. The molecule has 0 atom stereocenters. The van der Waals surface area contributed by atoms with Crippen molar-refractivity contribution in [2.45, 2.75) is 143 Å². The van der Waals surface area contributed by atoms with Crippen molar-refractivity contribution in [1.29, 1.82) is 0 Å². The molecule has 1 rings (SSSR count). The molecule has 194 valence electrons. The van der Waals surface area contributed by atoms with Gasteiger partial charge in [-0.2, -0.15) is 0 Å². The molecule has 33 heavy (non-hydrogen) atoms. The molecule has 1 aromatic carbocycles. The Morgan fingerprint density at radius 2 is 0.818 bits per heavy atom. The van der Waals surface area contributed by atoms with E-state index in [-0.39, 0.29) is 12.4 Å². The van der Waals surface area contributed by atoms with Crippen LogP contribution in [-0.4, -0.2) is 24.1 Å². The number of nitrogens with zero attached hydrogens (tertiary/aromatic N) is 1. The van der Waals surface area contributed by atoms with E-state index in [1.54, 1.807) is 0 Å². The predicted octanol–water partition coefficient (Wildman–Crippen LogP) is 7.09. The van der Waals surface area contributed by atoms with Gasteiger partial charge in [0.1, 0.15) is 6.54 Å². The average Bonchev–Trinajstić information content (AvgIpc) is 2.82. The molecule has 0 saturated carbocycles. The summed E-state index contributed by atoms with van der Waals surface area (Å²) in [4.78, 5) is 0. The summed E-state index contributed by atoms with van der Waals surface area (Å²) in [5.41, 5.74) is 1.53. The van der Waals surface area contributed by atoms with Gasteiger partial charge in [-0.1, -0.05) is 141 Å². The van der Waals surface area contributed by atoms with Crippen molar-refractivity contribution in [1.82, 2.24) is 0 Å². The molecule has 1 nitrogen and oxygen atoms in total. The van der Waals surface area contributed by atoms with Crippen LogP contribution in [0.3, 0.4) is 0 Å². The number of rotatable bonds is 23. The largest absolute Gasteiger partial charge is 1.00 e. The molecule has 0 aromatic heterocycles. The standard InChI is InChI=1S/C31H58N.ClH/c1-4-7-10-11-12-13-14-15-16-17-18-19-20-24-29-32(27-8-5-2,28-9-6-3)30-31-25-22-21-23-26-31;/h21-23,25-26H,4-20,24,27-30H2,1-3H3;1H/q+1;/p-1. The van der Waals surface area contributed by atoms with E-state index in [0.29, 0.717) is 0 Å². The third kappa shape index (κ3) is 17.5. The zero-order valence-corrected chi connectivity index (χ0v) is 23.5. The number of hydrogen-bond acceptors (Lipinski definition) is 0. The van der Waals surface area contributed by atoms with Gasteiger partial charge in [0, 0.05) is 5.56 Å². The summed E-state index contributed by atoms with van der Waals surface area (Å²) in [6.07, 6.45) is 25.7. The quantitative estimate of drug-likeness (QED) is 0.116. The number of hydrogen-bond donors (Lipinski definition) is 0. The summed E-state index contributed by atoms with van der Waals surface area (Å²) in [5, 5.41) is 0. The molecule has 0 aliphatic rings. The second kappa shape index (κ2) is 23.2. The molecule has 0 fully saturated rings. The van der Waals surface area contributed by atoms with Crippen molar-refractivity contribution >= 4 is 0 Å². The zero-order chi connectivity index (χ0) is 23.2.